The third-order valence-corrected chi connectivity index (χ3v) is 3.21. The molecule has 0 aliphatic rings. The van der Waals surface area contributed by atoms with Crippen LogP contribution in [0.2, 0.25) is 0 Å². The van der Waals surface area contributed by atoms with Crippen molar-refractivity contribution in [1.29, 1.82) is 5.26 Å². The van der Waals surface area contributed by atoms with Crippen molar-refractivity contribution < 1.29 is 0 Å². The summed E-state index contributed by atoms with van der Waals surface area (Å²) in [7, 11) is 0. The van der Waals surface area contributed by atoms with Crippen LogP contribution >= 0.6 is 0 Å². The van der Waals surface area contributed by atoms with E-state index in [9.17, 15) is 5.26 Å². The SMILES string of the molecule is CCCN(c1cc(C#N)c2ccccc2n1)C(C)C. The molecule has 1 heterocycles. The molecular formula is C16H19N3. The van der Waals surface area contributed by atoms with Crippen molar-refractivity contribution >= 4 is 16.7 Å². The van der Waals surface area contributed by atoms with Gasteiger partial charge in [0.25, 0.3) is 0 Å². The second-order valence-corrected chi connectivity index (χ2v) is 4.94. The van der Waals surface area contributed by atoms with Gasteiger partial charge in [-0.25, -0.2) is 4.98 Å². The van der Waals surface area contributed by atoms with Crippen molar-refractivity contribution in [3.05, 3.63) is 35.9 Å². The molecule has 2 aromatic rings. The molecule has 0 bridgehead atoms. The lowest BCUT2D eigenvalue weighted by molar-refractivity contribution is 0.663. The lowest BCUT2D eigenvalue weighted by Crippen LogP contribution is -2.32. The zero-order valence-corrected chi connectivity index (χ0v) is 11.7. The van der Waals surface area contributed by atoms with Gasteiger partial charge >= 0.3 is 0 Å². The Morgan fingerprint density at radius 1 is 1.32 bits per heavy atom. The average molecular weight is 253 g/mol. The van der Waals surface area contributed by atoms with Crippen LogP contribution in [0.3, 0.4) is 0 Å². The van der Waals surface area contributed by atoms with E-state index < -0.39 is 0 Å². The maximum atomic E-state index is 9.31. The van der Waals surface area contributed by atoms with E-state index in [0.29, 0.717) is 11.6 Å². The summed E-state index contributed by atoms with van der Waals surface area (Å²) >= 11 is 0. The van der Waals surface area contributed by atoms with Crippen LogP contribution in [0.25, 0.3) is 10.9 Å². The van der Waals surface area contributed by atoms with Gasteiger partial charge in [-0.15, -0.1) is 0 Å². The lowest BCUT2D eigenvalue weighted by Gasteiger charge is -2.27. The number of benzene rings is 1. The maximum absolute atomic E-state index is 9.31. The molecule has 0 fully saturated rings. The molecule has 98 valence electrons. The number of anilines is 1. The number of nitriles is 1. The minimum Gasteiger partial charge on any atom is -0.354 e. The average Bonchev–Trinajstić information content (AvgIpc) is 2.43. The standard InChI is InChI=1S/C16H19N3/c1-4-9-19(12(2)3)16-10-13(11-17)14-7-5-6-8-15(14)18-16/h5-8,10,12H,4,9H2,1-3H3. The summed E-state index contributed by atoms with van der Waals surface area (Å²) in [5.41, 5.74) is 1.58. The number of rotatable bonds is 4. The second-order valence-electron chi connectivity index (χ2n) is 4.94. The van der Waals surface area contributed by atoms with Crippen LogP contribution < -0.4 is 4.90 Å². The van der Waals surface area contributed by atoms with E-state index in [-0.39, 0.29) is 0 Å². The van der Waals surface area contributed by atoms with Gasteiger partial charge < -0.3 is 4.90 Å². The van der Waals surface area contributed by atoms with Crippen LogP contribution in [0.15, 0.2) is 30.3 Å². The number of pyridine rings is 1. The summed E-state index contributed by atoms with van der Waals surface area (Å²) in [6.07, 6.45) is 1.06. The smallest absolute Gasteiger partial charge is 0.130 e. The van der Waals surface area contributed by atoms with E-state index in [0.717, 1.165) is 29.7 Å². The zero-order chi connectivity index (χ0) is 13.8. The van der Waals surface area contributed by atoms with E-state index >= 15 is 0 Å². The molecule has 0 aliphatic carbocycles. The quantitative estimate of drug-likeness (QED) is 0.833. The highest BCUT2D eigenvalue weighted by Gasteiger charge is 2.13. The molecule has 1 aromatic carbocycles. The fourth-order valence-electron chi connectivity index (χ4n) is 2.28. The molecule has 19 heavy (non-hydrogen) atoms. The number of para-hydroxylation sites is 1. The topological polar surface area (TPSA) is 39.9 Å². The van der Waals surface area contributed by atoms with E-state index in [1.165, 1.54) is 0 Å². The van der Waals surface area contributed by atoms with Crippen LogP contribution in [-0.2, 0) is 0 Å². The normalized spacial score (nSPS) is 10.7. The summed E-state index contributed by atoms with van der Waals surface area (Å²) in [6.45, 7) is 7.41. The fourth-order valence-corrected chi connectivity index (χ4v) is 2.28. The summed E-state index contributed by atoms with van der Waals surface area (Å²) < 4.78 is 0. The van der Waals surface area contributed by atoms with Crippen LogP contribution in [0.4, 0.5) is 5.82 Å². The summed E-state index contributed by atoms with van der Waals surface area (Å²) in [6, 6.07) is 12.4. The molecule has 3 heteroatoms. The predicted molar refractivity (Wildman–Crippen MR) is 79.2 cm³/mol. The maximum Gasteiger partial charge on any atom is 0.130 e. The predicted octanol–water partition coefficient (Wildman–Crippen LogP) is 3.73. The van der Waals surface area contributed by atoms with Crippen molar-refractivity contribution in [2.24, 2.45) is 0 Å². The largest absolute Gasteiger partial charge is 0.354 e. The molecule has 0 aliphatic heterocycles. The van der Waals surface area contributed by atoms with E-state index in [1.54, 1.807) is 0 Å². The van der Waals surface area contributed by atoms with Crippen LogP contribution in [0.5, 0.6) is 0 Å². The first-order chi connectivity index (χ1) is 9.17. The first kappa shape index (κ1) is 13.4. The Hall–Kier alpha value is -2.08. The summed E-state index contributed by atoms with van der Waals surface area (Å²) in [4.78, 5) is 6.94. The minimum absolute atomic E-state index is 0.375. The van der Waals surface area contributed by atoms with Crippen molar-refractivity contribution in [2.75, 3.05) is 11.4 Å². The number of hydrogen-bond donors (Lipinski definition) is 0. The van der Waals surface area contributed by atoms with E-state index in [2.05, 4.69) is 31.7 Å². The van der Waals surface area contributed by atoms with Gasteiger partial charge in [-0.1, -0.05) is 25.1 Å². The Morgan fingerprint density at radius 2 is 2.05 bits per heavy atom. The van der Waals surface area contributed by atoms with Crippen molar-refractivity contribution in [2.45, 2.75) is 33.2 Å². The molecule has 0 radical (unpaired) electrons. The van der Waals surface area contributed by atoms with Crippen LogP contribution in [0, 0.1) is 11.3 Å². The molecule has 3 nitrogen and oxygen atoms in total. The van der Waals surface area contributed by atoms with Gasteiger partial charge in [0.15, 0.2) is 0 Å². The molecular weight excluding hydrogens is 234 g/mol. The van der Waals surface area contributed by atoms with E-state index in [4.69, 9.17) is 4.98 Å². The monoisotopic (exact) mass is 253 g/mol. The molecule has 0 spiro atoms. The second kappa shape index (κ2) is 5.71. The third-order valence-electron chi connectivity index (χ3n) is 3.21. The van der Waals surface area contributed by atoms with Gasteiger partial charge in [0, 0.05) is 18.0 Å². The Labute approximate surface area is 114 Å². The highest BCUT2D eigenvalue weighted by molar-refractivity contribution is 5.86. The van der Waals surface area contributed by atoms with Gasteiger partial charge in [0.1, 0.15) is 5.82 Å². The fraction of sp³-hybridized carbons (Fsp3) is 0.375. The first-order valence-electron chi connectivity index (χ1n) is 6.74. The lowest BCUT2D eigenvalue weighted by atomic mass is 10.1. The highest BCUT2D eigenvalue weighted by atomic mass is 15.2. The van der Waals surface area contributed by atoms with Gasteiger partial charge in [0.2, 0.25) is 0 Å². The van der Waals surface area contributed by atoms with Gasteiger partial charge in [0.05, 0.1) is 17.1 Å². The van der Waals surface area contributed by atoms with Crippen molar-refractivity contribution in [3.63, 3.8) is 0 Å². The first-order valence-corrected chi connectivity index (χ1v) is 6.74. The highest BCUT2D eigenvalue weighted by Crippen LogP contribution is 2.23. The van der Waals surface area contributed by atoms with Gasteiger partial charge in [-0.3, -0.25) is 0 Å². The molecule has 0 N–H and O–H groups in total. The number of fused-ring (bicyclic) bond motifs is 1. The van der Waals surface area contributed by atoms with Gasteiger partial charge in [-0.2, -0.15) is 5.26 Å². The van der Waals surface area contributed by atoms with Crippen molar-refractivity contribution in [3.8, 4) is 6.07 Å². The Bertz CT molecular complexity index is 611. The number of hydrogen-bond acceptors (Lipinski definition) is 3. The third kappa shape index (κ3) is 2.68. The van der Waals surface area contributed by atoms with Crippen LogP contribution in [0.1, 0.15) is 32.8 Å². The Kier molecular flexibility index (Phi) is 4.01. The Morgan fingerprint density at radius 3 is 2.68 bits per heavy atom. The summed E-state index contributed by atoms with van der Waals surface area (Å²) in [5, 5.41) is 10.2. The number of nitrogens with zero attached hydrogens (tertiary/aromatic N) is 3. The Balaban J connectivity index is 2.58. The van der Waals surface area contributed by atoms with Crippen molar-refractivity contribution in [1.82, 2.24) is 4.98 Å². The zero-order valence-electron chi connectivity index (χ0n) is 11.7. The minimum atomic E-state index is 0.375. The molecule has 0 saturated carbocycles. The molecule has 0 amide bonds. The molecule has 0 atom stereocenters. The summed E-state index contributed by atoms with van der Waals surface area (Å²) in [5.74, 6) is 0.895. The molecule has 1 aromatic heterocycles. The number of aromatic nitrogens is 1. The van der Waals surface area contributed by atoms with Gasteiger partial charge in [-0.05, 0) is 32.4 Å². The van der Waals surface area contributed by atoms with Crippen LogP contribution in [-0.4, -0.2) is 17.6 Å². The molecule has 2 rings (SSSR count). The molecule has 0 saturated heterocycles. The van der Waals surface area contributed by atoms with E-state index in [1.807, 2.05) is 30.3 Å². The molecule has 0 unspecified atom stereocenters.